The highest BCUT2D eigenvalue weighted by Gasteiger charge is 2.10. The summed E-state index contributed by atoms with van der Waals surface area (Å²) in [4.78, 5) is 1.09. The van der Waals surface area contributed by atoms with Crippen molar-refractivity contribution in [3.63, 3.8) is 0 Å². The first-order valence-corrected chi connectivity index (χ1v) is 8.02. The quantitative estimate of drug-likeness (QED) is 0.631. The molecule has 1 aliphatic rings. The molecule has 0 amide bonds. The summed E-state index contributed by atoms with van der Waals surface area (Å²) >= 11 is 3.12. The maximum Gasteiger partial charge on any atom is 0.153 e. The van der Waals surface area contributed by atoms with E-state index in [0.717, 1.165) is 22.9 Å². The van der Waals surface area contributed by atoms with Gasteiger partial charge in [-0.25, -0.2) is 0 Å². The molecule has 1 aromatic rings. The minimum Gasteiger partial charge on any atom is -0.382 e. The molecule has 1 heterocycles. The van der Waals surface area contributed by atoms with Gasteiger partial charge in [0.2, 0.25) is 0 Å². The first-order valence-electron chi connectivity index (χ1n) is 6.02. The van der Waals surface area contributed by atoms with E-state index in [2.05, 4.69) is 15.8 Å². The Morgan fingerprint density at radius 2 is 2.41 bits per heavy atom. The van der Waals surface area contributed by atoms with Crippen LogP contribution in [0.1, 0.15) is 32.1 Å². The Kier molecular flexibility index (Phi) is 4.74. The van der Waals surface area contributed by atoms with Gasteiger partial charge in [0.1, 0.15) is 5.00 Å². The van der Waals surface area contributed by atoms with E-state index < -0.39 is 0 Å². The number of rotatable bonds is 5. The fraction of sp³-hybridized carbons (Fsp3) is 0.583. The zero-order valence-electron chi connectivity index (χ0n) is 10.2. The van der Waals surface area contributed by atoms with Gasteiger partial charge in [0.25, 0.3) is 0 Å². The lowest BCUT2D eigenvalue weighted by Crippen LogP contribution is -2.04. The molecule has 2 rings (SSSR count). The van der Waals surface area contributed by atoms with Gasteiger partial charge in [0.05, 0.1) is 4.90 Å². The molecule has 0 unspecified atom stereocenters. The van der Waals surface area contributed by atoms with Gasteiger partial charge in [0.15, 0.2) is 5.82 Å². The molecule has 1 aliphatic carbocycles. The highest BCUT2D eigenvalue weighted by molar-refractivity contribution is 7.99. The number of nitrogens with two attached hydrogens (primary N) is 1. The van der Waals surface area contributed by atoms with Gasteiger partial charge in [-0.3, -0.25) is 0 Å². The Morgan fingerprint density at radius 1 is 1.53 bits per heavy atom. The summed E-state index contributed by atoms with van der Waals surface area (Å²) < 4.78 is 4.17. The minimum absolute atomic E-state index is 0.655. The molecule has 5 heteroatoms. The molecule has 0 radical (unpaired) electrons. The number of nitrogens with zero attached hydrogens (tertiary/aromatic N) is 1. The van der Waals surface area contributed by atoms with Crippen LogP contribution in [0.25, 0.3) is 0 Å². The predicted octanol–water partition coefficient (Wildman–Crippen LogP) is 3.75. The fourth-order valence-electron chi connectivity index (χ4n) is 2.07. The molecule has 0 bridgehead atoms. The minimum atomic E-state index is 0.655. The van der Waals surface area contributed by atoms with Crippen LogP contribution >= 0.6 is 23.3 Å². The van der Waals surface area contributed by atoms with E-state index in [1.807, 2.05) is 6.26 Å². The Hall–Kier alpha value is -0.680. The molecule has 1 aromatic heterocycles. The van der Waals surface area contributed by atoms with Crippen LogP contribution in [-0.4, -0.2) is 17.2 Å². The van der Waals surface area contributed by atoms with E-state index in [9.17, 15) is 0 Å². The van der Waals surface area contributed by atoms with Crippen molar-refractivity contribution < 1.29 is 0 Å². The maximum atomic E-state index is 5.79. The molecule has 0 spiro atoms. The van der Waals surface area contributed by atoms with Crippen molar-refractivity contribution in [3.8, 4) is 0 Å². The Balaban J connectivity index is 1.83. The van der Waals surface area contributed by atoms with Crippen molar-refractivity contribution in [2.75, 3.05) is 23.9 Å². The molecule has 3 N–H and O–H groups in total. The first kappa shape index (κ1) is 12.8. The van der Waals surface area contributed by atoms with Crippen molar-refractivity contribution in [2.24, 2.45) is 0 Å². The normalized spacial score (nSPS) is 15.7. The highest BCUT2D eigenvalue weighted by atomic mass is 32.2. The van der Waals surface area contributed by atoms with Crippen LogP contribution in [0.5, 0.6) is 0 Å². The van der Waals surface area contributed by atoms with E-state index in [1.54, 1.807) is 17.3 Å². The number of allylic oxidation sites excluding steroid dienone is 1. The van der Waals surface area contributed by atoms with Crippen LogP contribution in [0.2, 0.25) is 0 Å². The van der Waals surface area contributed by atoms with E-state index >= 15 is 0 Å². The molecular formula is C12H19N3S2. The predicted molar refractivity (Wildman–Crippen MR) is 78.0 cm³/mol. The molecular weight excluding hydrogens is 250 g/mol. The topological polar surface area (TPSA) is 50.9 Å². The maximum absolute atomic E-state index is 5.79. The third-order valence-electron chi connectivity index (χ3n) is 2.99. The molecule has 0 fully saturated rings. The smallest absolute Gasteiger partial charge is 0.153 e. The van der Waals surface area contributed by atoms with E-state index in [1.165, 1.54) is 37.2 Å². The van der Waals surface area contributed by atoms with Crippen molar-refractivity contribution >= 4 is 34.1 Å². The number of anilines is 2. The zero-order chi connectivity index (χ0) is 12.1. The molecule has 17 heavy (non-hydrogen) atoms. The third-order valence-corrected chi connectivity index (χ3v) is 4.76. The summed E-state index contributed by atoms with van der Waals surface area (Å²) in [5, 5.41) is 4.56. The van der Waals surface area contributed by atoms with Crippen molar-refractivity contribution in [1.82, 2.24) is 4.37 Å². The Labute approximate surface area is 111 Å². The van der Waals surface area contributed by atoms with Crippen LogP contribution in [-0.2, 0) is 0 Å². The fourth-order valence-corrected chi connectivity index (χ4v) is 3.64. The Bertz CT molecular complexity index is 398. The second kappa shape index (κ2) is 6.31. The average Bonchev–Trinajstić information content (AvgIpc) is 2.71. The zero-order valence-corrected chi connectivity index (χ0v) is 11.8. The highest BCUT2D eigenvalue weighted by Crippen LogP contribution is 2.34. The number of hydrogen-bond donors (Lipinski definition) is 2. The SMILES string of the molecule is CSc1c(N)nsc1NCCC1=CCCCC1. The van der Waals surface area contributed by atoms with E-state index in [4.69, 9.17) is 5.73 Å². The van der Waals surface area contributed by atoms with Crippen LogP contribution in [0.4, 0.5) is 10.8 Å². The lowest BCUT2D eigenvalue weighted by atomic mass is 9.97. The number of hydrogen-bond acceptors (Lipinski definition) is 5. The second-order valence-corrected chi connectivity index (χ2v) is 5.81. The second-order valence-electron chi connectivity index (χ2n) is 4.22. The van der Waals surface area contributed by atoms with Crippen LogP contribution < -0.4 is 11.1 Å². The molecule has 94 valence electrons. The molecule has 0 saturated heterocycles. The summed E-state index contributed by atoms with van der Waals surface area (Å²) in [6, 6.07) is 0. The molecule has 3 nitrogen and oxygen atoms in total. The van der Waals surface area contributed by atoms with E-state index in [-0.39, 0.29) is 0 Å². The van der Waals surface area contributed by atoms with Gasteiger partial charge in [-0.15, -0.1) is 11.8 Å². The van der Waals surface area contributed by atoms with Crippen LogP contribution in [0.15, 0.2) is 16.5 Å². The monoisotopic (exact) mass is 269 g/mol. The average molecular weight is 269 g/mol. The van der Waals surface area contributed by atoms with Gasteiger partial charge in [-0.2, -0.15) is 4.37 Å². The van der Waals surface area contributed by atoms with Gasteiger partial charge >= 0.3 is 0 Å². The summed E-state index contributed by atoms with van der Waals surface area (Å²) in [6.07, 6.45) is 10.8. The lowest BCUT2D eigenvalue weighted by Gasteiger charge is -2.13. The summed E-state index contributed by atoms with van der Waals surface area (Å²) in [5.41, 5.74) is 7.40. The lowest BCUT2D eigenvalue weighted by molar-refractivity contribution is 0.679. The molecule has 0 aliphatic heterocycles. The van der Waals surface area contributed by atoms with Crippen molar-refractivity contribution in [3.05, 3.63) is 11.6 Å². The number of nitrogens with one attached hydrogen (secondary N) is 1. The number of aromatic nitrogens is 1. The van der Waals surface area contributed by atoms with Crippen LogP contribution in [0, 0.1) is 0 Å². The van der Waals surface area contributed by atoms with Crippen molar-refractivity contribution in [1.29, 1.82) is 0 Å². The third kappa shape index (κ3) is 3.39. The first-order chi connectivity index (χ1) is 8.31. The largest absolute Gasteiger partial charge is 0.382 e. The molecule has 0 aromatic carbocycles. The standard InChI is InChI=1S/C12H19N3S2/c1-16-10-11(13)15-17-12(10)14-8-7-9-5-3-2-4-6-9/h5,14H,2-4,6-8H2,1H3,(H2,13,15). The van der Waals surface area contributed by atoms with Crippen LogP contribution in [0.3, 0.4) is 0 Å². The number of nitrogen functional groups attached to an aromatic ring is 1. The van der Waals surface area contributed by atoms with E-state index in [0.29, 0.717) is 5.82 Å². The Morgan fingerprint density at radius 3 is 3.12 bits per heavy atom. The molecule has 0 saturated carbocycles. The summed E-state index contributed by atoms with van der Waals surface area (Å²) in [5.74, 6) is 0.655. The molecule has 0 atom stereocenters. The van der Waals surface area contributed by atoms with Gasteiger partial charge < -0.3 is 11.1 Å². The van der Waals surface area contributed by atoms with Gasteiger partial charge in [0, 0.05) is 6.54 Å². The van der Waals surface area contributed by atoms with Gasteiger partial charge in [-0.1, -0.05) is 11.6 Å². The summed E-state index contributed by atoms with van der Waals surface area (Å²) in [7, 11) is 0. The summed E-state index contributed by atoms with van der Waals surface area (Å²) in [6.45, 7) is 0.987. The van der Waals surface area contributed by atoms with Gasteiger partial charge in [-0.05, 0) is 49.9 Å². The number of thioether (sulfide) groups is 1. The van der Waals surface area contributed by atoms with Crippen molar-refractivity contribution in [2.45, 2.75) is 37.0 Å².